The van der Waals surface area contributed by atoms with Gasteiger partial charge in [-0.15, -0.1) is 0 Å². The zero-order valence-electron chi connectivity index (χ0n) is 11.6. The van der Waals surface area contributed by atoms with Crippen LogP contribution in [-0.4, -0.2) is 47.1 Å². The molecule has 1 aliphatic heterocycles. The number of β-amino-alcohol motifs (C(OH)–C–C–N with tert-alkyl or cyclic N) is 1. The van der Waals surface area contributed by atoms with Crippen LogP contribution in [0.15, 0.2) is 30.3 Å². The van der Waals surface area contributed by atoms with Crippen molar-refractivity contribution in [2.24, 2.45) is 0 Å². The zero-order chi connectivity index (χ0) is 14.5. The highest BCUT2D eigenvalue weighted by Crippen LogP contribution is 2.18. The van der Waals surface area contributed by atoms with Gasteiger partial charge in [-0.1, -0.05) is 30.3 Å². The summed E-state index contributed by atoms with van der Waals surface area (Å²) in [6.07, 6.45) is 0.461. The van der Waals surface area contributed by atoms with Crippen LogP contribution in [-0.2, 0) is 16.0 Å². The van der Waals surface area contributed by atoms with E-state index in [0.717, 1.165) is 12.0 Å². The van der Waals surface area contributed by atoms with Gasteiger partial charge in [0.25, 0.3) is 0 Å². The number of hydrogen-bond donors (Lipinski definition) is 2. The highest BCUT2D eigenvalue weighted by Gasteiger charge is 2.37. The van der Waals surface area contributed by atoms with Crippen molar-refractivity contribution in [1.29, 1.82) is 0 Å². The molecular formula is C15H20N2O3. The van der Waals surface area contributed by atoms with Gasteiger partial charge in [-0.05, 0) is 12.0 Å². The van der Waals surface area contributed by atoms with Gasteiger partial charge in [-0.3, -0.25) is 9.59 Å². The van der Waals surface area contributed by atoms with Crippen molar-refractivity contribution in [3.63, 3.8) is 0 Å². The predicted octanol–water partition coefficient (Wildman–Crippen LogP) is 0.327. The van der Waals surface area contributed by atoms with E-state index in [1.807, 2.05) is 30.3 Å². The lowest BCUT2D eigenvalue weighted by Gasteiger charge is -2.22. The summed E-state index contributed by atoms with van der Waals surface area (Å²) in [5.41, 5.74) is 1.16. The maximum absolute atomic E-state index is 12.1. The molecule has 0 spiro atoms. The first-order valence-corrected chi connectivity index (χ1v) is 6.85. The maximum atomic E-state index is 12.1. The Morgan fingerprint density at radius 3 is 2.70 bits per heavy atom. The van der Waals surface area contributed by atoms with Crippen LogP contribution in [0.3, 0.4) is 0 Å². The van der Waals surface area contributed by atoms with E-state index in [1.165, 1.54) is 11.8 Å². The van der Waals surface area contributed by atoms with E-state index in [4.69, 9.17) is 0 Å². The lowest BCUT2D eigenvalue weighted by Crippen LogP contribution is -2.45. The van der Waals surface area contributed by atoms with Gasteiger partial charge < -0.3 is 15.3 Å². The molecule has 20 heavy (non-hydrogen) atoms. The quantitative estimate of drug-likeness (QED) is 0.832. The maximum Gasteiger partial charge on any atom is 0.242 e. The lowest BCUT2D eigenvalue weighted by molar-refractivity contribution is -0.136. The minimum atomic E-state index is -0.608. The summed E-state index contributed by atoms with van der Waals surface area (Å²) in [7, 11) is 0. The Morgan fingerprint density at radius 2 is 2.05 bits per heavy atom. The number of hydrogen-bond acceptors (Lipinski definition) is 3. The van der Waals surface area contributed by atoms with Gasteiger partial charge in [-0.2, -0.15) is 0 Å². The summed E-state index contributed by atoms with van der Waals surface area (Å²) in [6.45, 7) is 2.19. The Hall–Kier alpha value is -1.88. The minimum absolute atomic E-state index is 0.176. The Balaban J connectivity index is 1.84. The summed E-state index contributed by atoms with van der Waals surface area (Å²) < 4.78 is 0. The SMILES string of the molecule is CC(=O)N1C[C@H](O)C[C@H]1C(=O)NCCc1ccccc1. The minimum Gasteiger partial charge on any atom is -0.391 e. The van der Waals surface area contributed by atoms with Crippen LogP contribution in [0, 0.1) is 0 Å². The Bertz CT molecular complexity index is 475. The molecule has 0 bridgehead atoms. The number of aliphatic hydroxyl groups excluding tert-OH is 1. The summed E-state index contributed by atoms with van der Waals surface area (Å²) >= 11 is 0. The molecule has 0 unspecified atom stereocenters. The number of carbonyl (C=O) groups excluding carboxylic acids is 2. The van der Waals surface area contributed by atoms with E-state index in [-0.39, 0.29) is 18.4 Å². The average molecular weight is 276 g/mol. The molecule has 0 saturated carbocycles. The molecule has 2 amide bonds. The fourth-order valence-corrected chi connectivity index (χ4v) is 2.50. The van der Waals surface area contributed by atoms with E-state index in [1.54, 1.807) is 0 Å². The average Bonchev–Trinajstić information content (AvgIpc) is 2.82. The lowest BCUT2D eigenvalue weighted by atomic mass is 10.1. The van der Waals surface area contributed by atoms with E-state index < -0.39 is 12.1 Å². The highest BCUT2D eigenvalue weighted by molar-refractivity contribution is 5.87. The first-order valence-electron chi connectivity index (χ1n) is 6.85. The topological polar surface area (TPSA) is 69.6 Å². The van der Waals surface area contributed by atoms with Crippen molar-refractivity contribution in [3.8, 4) is 0 Å². The van der Waals surface area contributed by atoms with Crippen molar-refractivity contribution < 1.29 is 14.7 Å². The van der Waals surface area contributed by atoms with Gasteiger partial charge in [0.15, 0.2) is 0 Å². The molecule has 0 radical (unpaired) electrons. The molecule has 0 aliphatic carbocycles. The molecule has 1 aromatic rings. The van der Waals surface area contributed by atoms with Crippen molar-refractivity contribution in [2.75, 3.05) is 13.1 Å². The standard InChI is InChI=1S/C15H20N2O3/c1-11(18)17-10-13(19)9-14(17)15(20)16-8-7-12-5-3-2-4-6-12/h2-6,13-14,19H,7-10H2,1H3,(H,16,20)/t13-,14+/m1/s1. The van der Waals surface area contributed by atoms with Crippen LogP contribution in [0.25, 0.3) is 0 Å². The zero-order valence-corrected chi connectivity index (χ0v) is 11.6. The van der Waals surface area contributed by atoms with Crippen molar-refractivity contribution in [2.45, 2.75) is 31.9 Å². The summed E-state index contributed by atoms with van der Waals surface area (Å²) in [5.74, 6) is -0.363. The first-order chi connectivity index (χ1) is 9.58. The number of aliphatic hydroxyl groups is 1. The molecule has 0 aromatic heterocycles. The second kappa shape index (κ2) is 6.52. The molecule has 2 atom stereocenters. The number of likely N-dealkylation sites (tertiary alicyclic amines) is 1. The smallest absolute Gasteiger partial charge is 0.242 e. The Morgan fingerprint density at radius 1 is 1.35 bits per heavy atom. The summed E-state index contributed by atoms with van der Waals surface area (Å²) in [6, 6.07) is 9.34. The fourth-order valence-electron chi connectivity index (χ4n) is 2.50. The number of carbonyl (C=O) groups is 2. The molecule has 2 N–H and O–H groups in total. The van der Waals surface area contributed by atoms with Gasteiger partial charge >= 0.3 is 0 Å². The largest absolute Gasteiger partial charge is 0.391 e. The van der Waals surface area contributed by atoms with E-state index in [2.05, 4.69) is 5.32 Å². The van der Waals surface area contributed by atoms with Gasteiger partial charge in [-0.25, -0.2) is 0 Å². The second-order valence-electron chi connectivity index (χ2n) is 5.10. The number of benzene rings is 1. The van der Waals surface area contributed by atoms with E-state index in [9.17, 15) is 14.7 Å². The van der Waals surface area contributed by atoms with Crippen LogP contribution in [0.4, 0.5) is 0 Å². The molecule has 1 heterocycles. The van der Waals surface area contributed by atoms with Gasteiger partial charge in [0.1, 0.15) is 6.04 Å². The van der Waals surface area contributed by atoms with Crippen LogP contribution >= 0.6 is 0 Å². The molecule has 1 aromatic carbocycles. The Kier molecular flexibility index (Phi) is 4.74. The molecule has 1 fully saturated rings. The van der Waals surface area contributed by atoms with E-state index in [0.29, 0.717) is 13.0 Å². The Labute approximate surface area is 118 Å². The highest BCUT2D eigenvalue weighted by atomic mass is 16.3. The molecule has 2 rings (SSSR count). The van der Waals surface area contributed by atoms with Gasteiger partial charge in [0.05, 0.1) is 6.10 Å². The van der Waals surface area contributed by atoms with Crippen LogP contribution in [0.2, 0.25) is 0 Å². The fraction of sp³-hybridized carbons (Fsp3) is 0.467. The molecule has 108 valence electrons. The molecular weight excluding hydrogens is 256 g/mol. The third-order valence-electron chi connectivity index (χ3n) is 3.54. The van der Waals surface area contributed by atoms with Crippen LogP contribution in [0.1, 0.15) is 18.9 Å². The second-order valence-corrected chi connectivity index (χ2v) is 5.10. The van der Waals surface area contributed by atoms with Crippen LogP contribution < -0.4 is 5.32 Å². The number of nitrogens with one attached hydrogen (secondary N) is 1. The van der Waals surface area contributed by atoms with Crippen molar-refractivity contribution in [1.82, 2.24) is 10.2 Å². The van der Waals surface area contributed by atoms with Gasteiger partial charge in [0, 0.05) is 26.4 Å². The number of rotatable bonds is 4. The molecule has 1 saturated heterocycles. The molecule has 1 aliphatic rings. The third kappa shape index (κ3) is 3.57. The number of amides is 2. The van der Waals surface area contributed by atoms with Gasteiger partial charge in [0.2, 0.25) is 11.8 Å². The van der Waals surface area contributed by atoms with Crippen LogP contribution in [0.5, 0.6) is 0 Å². The monoisotopic (exact) mass is 276 g/mol. The summed E-state index contributed by atoms with van der Waals surface area (Å²) in [5, 5.41) is 12.4. The predicted molar refractivity (Wildman–Crippen MR) is 75.0 cm³/mol. The first kappa shape index (κ1) is 14.5. The molecule has 5 nitrogen and oxygen atoms in total. The van der Waals surface area contributed by atoms with E-state index >= 15 is 0 Å². The third-order valence-corrected chi connectivity index (χ3v) is 3.54. The normalized spacial score (nSPS) is 21.8. The number of nitrogens with zero attached hydrogens (tertiary/aromatic N) is 1. The van der Waals surface area contributed by atoms with Crippen molar-refractivity contribution in [3.05, 3.63) is 35.9 Å². The van der Waals surface area contributed by atoms with Crippen molar-refractivity contribution >= 4 is 11.8 Å². The summed E-state index contributed by atoms with van der Waals surface area (Å²) in [4.78, 5) is 24.9. The molecule has 5 heteroatoms.